The fourth-order valence-corrected chi connectivity index (χ4v) is 3.79. The topological polar surface area (TPSA) is 66.5 Å². The third kappa shape index (κ3) is 6.11. The zero-order chi connectivity index (χ0) is 22.6. The van der Waals surface area contributed by atoms with Crippen LogP contribution in [0, 0.1) is 0 Å². The van der Waals surface area contributed by atoms with Gasteiger partial charge in [-0.15, -0.1) is 0 Å². The second-order valence-electron chi connectivity index (χ2n) is 6.62. The van der Waals surface area contributed by atoms with Gasteiger partial charge in [-0.3, -0.25) is 19.3 Å². The molecule has 1 aliphatic heterocycles. The monoisotopic (exact) mass is 468 g/mol. The van der Waals surface area contributed by atoms with E-state index in [0.29, 0.717) is 5.02 Å². The van der Waals surface area contributed by atoms with Crippen molar-refractivity contribution in [2.45, 2.75) is 19.0 Å². The van der Waals surface area contributed by atoms with Crippen LogP contribution >= 0.6 is 23.4 Å². The van der Waals surface area contributed by atoms with Gasteiger partial charge in [-0.2, -0.15) is 13.2 Å². The zero-order valence-corrected chi connectivity index (χ0v) is 17.5. The first-order valence-corrected chi connectivity index (χ1v) is 10.3. The molecule has 0 bridgehead atoms. The lowest BCUT2D eigenvalue weighted by molar-refractivity contribution is -0.137. The Bertz CT molecular complexity index is 1040. The standard InChI is InChI=1S/C21H16ClF3N2O3S/c22-15-8-6-13(7-9-15)11-17-19(29)27(20(30)31-17)10-2-5-18(28)26-16-4-1-3-14(12-16)21(23,24)25/h1,3-4,6-9,11-12H,2,5,10H2,(H,26,28). The summed E-state index contributed by atoms with van der Waals surface area (Å²) < 4.78 is 38.2. The number of thioether (sulfide) groups is 1. The van der Waals surface area contributed by atoms with Crippen molar-refractivity contribution >= 4 is 52.2 Å². The summed E-state index contributed by atoms with van der Waals surface area (Å²) >= 11 is 6.63. The van der Waals surface area contributed by atoms with Crippen molar-refractivity contribution in [3.8, 4) is 0 Å². The van der Waals surface area contributed by atoms with E-state index in [9.17, 15) is 27.6 Å². The summed E-state index contributed by atoms with van der Waals surface area (Å²) in [5, 5.41) is 2.50. The number of amides is 3. The average Bonchev–Trinajstić information content (AvgIpc) is 2.96. The first kappa shape index (κ1) is 22.9. The minimum Gasteiger partial charge on any atom is -0.326 e. The first-order valence-electron chi connectivity index (χ1n) is 9.11. The van der Waals surface area contributed by atoms with Crippen LogP contribution in [-0.4, -0.2) is 28.5 Å². The number of halogens is 4. The summed E-state index contributed by atoms with van der Waals surface area (Å²) in [5.74, 6) is -0.966. The molecule has 0 unspecified atom stereocenters. The minimum absolute atomic E-state index is 0.0249. The fourth-order valence-electron chi connectivity index (χ4n) is 2.80. The van der Waals surface area contributed by atoms with Crippen LogP contribution in [0.3, 0.4) is 0 Å². The molecule has 2 aromatic carbocycles. The van der Waals surface area contributed by atoms with Crippen molar-refractivity contribution in [3.63, 3.8) is 0 Å². The smallest absolute Gasteiger partial charge is 0.326 e. The van der Waals surface area contributed by atoms with E-state index in [-0.39, 0.29) is 30.0 Å². The maximum atomic E-state index is 12.7. The third-order valence-corrected chi connectivity index (χ3v) is 5.46. The third-order valence-electron chi connectivity index (χ3n) is 4.30. The van der Waals surface area contributed by atoms with Crippen LogP contribution in [0.4, 0.5) is 23.7 Å². The summed E-state index contributed by atoms with van der Waals surface area (Å²) in [5.41, 5.74) is -0.122. The lowest BCUT2D eigenvalue weighted by Crippen LogP contribution is -2.29. The Morgan fingerprint density at radius 3 is 2.52 bits per heavy atom. The molecular formula is C21H16ClF3N2O3S. The SMILES string of the molecule is O=C(CCCN1C(=O)SC(=Cc2ccc(Cl)cc2)C1=O)Nc1cccc(C(F)(F)F)c1. The number of carbonyl (C=O) groups is 3. The Morgan fingerprint density at radius 1 is 1.13 bits per heavy atom. The molecule has 162 valence electrons. The van der Waals surface area contributed by atoms with Gasteiger partial charge in [0.2, 0.25) is 5.91 Å². The molecule has 1 fully saturated rings. The molecule has 0 atom stereocenters. The van der Waals surface area contributed by atoms with E-state index < -0.39 is 28.8 Å². The first-order chi connectivity index (χ1) is 14.6. The van der Waals surface area contributed by atoms with Gasteiger partial charge in [0.1, 0.15) is 0 Å². The summed E-state index contributed by atoms with van der Waals surface area (Å²) in [6.45, 7) is 0.0264. The number of alkyl halides is 3. The molecular weight excluding hydrogens is 453 g/mol. The molecule has 3 rings (SSSR count). The normalized spacial score (nSPS) is 15.6. The maximum absolute atomic E-state index is 12.7. The molecule has 0 saturated carbocycles. The van der Waals surface area contributed by atoms with E-state index in [1.54, 1.807) is 30.3 Å². The lowest BCUT2D eigenvalue weighted by Gasteiger charge is -2.12. The van der Waals surface area contributed by atoms with Crippen molar-refractivity contribution in [1.29, 1.82) is 0 Å². The number of anilines is 1. The Balaban J connectivity index is 1.53. The molecule has 0 spiro atoms. The molecule has 0 aromatic heterocycles. The Morgan fingerprint density at radius 2 is 1.84 bits per heavy atom. The van der Waals surface area contributed by atoms with Gasteiger partial charge in [-0.1, -0.05) is 29.8 Å². The molecule has 1 aliphatic rings. The van der Waals surface area contributed by atoms with Gasteiger partial charge in [0.15, 0.2) is 0 Å². The molecule has 1 N–H and O–H groups in total. The van der Waals surface area contributed by atoms with Gasteiger partial charge >= 0.3 is 6.18 Å². The maximum Gasteiger partial charge on any atom is 0.416 e. The highest BCUT2D eigenvalue weighted by atomic mass is 35.5. The van der Waals surface area contributed by atoms with Crippen molar-refractivity contribution < 1.29 is 27.6 Å². The van der Waals surface area contributed by atoms with Crippen LogP contribution in [-0.2, 0) is 15.8 Å². The number of benzene rings is 2. The fraction of sp³-hybridized carbons (Fsp3) is 0.190. The van der Waals surface area contributed by atoms with E-state index in [2.05, 4.69) is 5.32 Å². The van der Waals surface area contributed by atoms with Gasteiger partial charge in [0, 0.05) is 23.7 Å². The number of nitrogens with zero attached hydrogens (tertiary/aromatic N) is 1. The molecule has 5 nitrogen and oxygen atoms in total. The van der Waals surface area contributed by atoms with Crippen molar-refractivity contribution in [3.05, 3.63) is 69.6 Å². The zero-order valence-electron chi connectivity index (χ0n) is 15.9. The summed E-state index contributed by atoms with van der Waals surface area (Å²) in [4.78, 5) is 38.0. The predicted molar refractivity (Wildman–Crippen MR) is 113 cm³/mol. The van der Waals surface area contributed by atoms with Crippen molar-refractivity contribution in [2.75, 3.05) is 11.9 Å². The molecule has 2 aromatic rings. The summed E-state index contributed by atoms with van der Waals surface area (Å²) in [6, 6.07) is 11.1. The number of carbonyl (C=O) groups excluding carboxylic acids is 3. The molecule has 1 saturated heterocycles. The number of hydrogen-bond donors (Lipinski definition) is 1. The Labute approximate surface area is 185 Å². The summed E-state index contributed by atoms with van der Waals surface area (Å²) in [6.07, 6.45) is -2.81. The van der Waals surface area contributed by atoms with Crippen molar-refractivity contribution in [2.24, 2.45) is 0 Å². The van der Waals surface area contributed by atoms with E-state index >= 15 is 0 Å². The molecule has 10 heteroatoms. The number of nitrogens with one attached hydrogen (secondary N) is 1. The molecule has 3 amide bonds. The van der Waals surface area contributed by atoms with Gasteiger partial charge in [-0.25, -0.2) is 0 Å². The van der Waals surface area contributed by atoms with E-state index in [1.807, 2.05) is 0 Å². The summed E-state index contributed by atoms with van der Waals surface area (Å²) in [7, 11) is 0. The molecule has 1 heterocycles. The van der Waals surface area contributed by atoms with E-state index in [4.69, 9.17) is 11.6 Å². The highest BCUT2D eigenvalue weighted by molar-refractivity contribution is 8.18. The molecule has 31 heavy (non-hydrogen) atoms. The van der Waals surface area contributed by atoms with Crippen LogP contribution < -0.4 is 5.32 Å². The van der Waals surface area contributed by atoms with Gasteiger partial charge in [-0.05, 0) is 60.2 Å². The lowest BCUT2D eigenvalue weighted by atomic mass is 10.2. The van der Waals surface area contributed by atoms with E-state index in [0.717, 1.165) is 34.4 Å². The van der Waals surface area contributed by atoms with Gasteiger partial charge in [0.25, 0.3) is 11.1 Å². The van der Waals surface area contributed by atoms with Crippen LogP contribution in [0.2, 0.25) is 5.02 Å². The Kier molecular flexibility index (Phi) is 7.07. The second kappa shape index (κ2) is 9.57. The minimum atomic E-state index is -4.51. The van der Waals surface area contributed by atoms with Crippen LogP contribution in [0.1, 0.15) is 24.0 Å². The average molecular weight is 469 g/mol. The highest BCUT2D eigenvalue weighted by Gasteiger charge is 2.34. The van der Waals surface area contributed by atoms with Gasteiger partial charge < -0.3 is 5.32 Å². The Hall–Kier alpha value is -2.78. The van der Waals surface area contributed by atoms with Crippen LogP contribution in [0.25, 0.3) is 6.08 Å². The number of rotatable bonds is 6. The number of imide groups is 1. The van der Waals surface area contributed by atoms with Crippen molar-refractivity contribution in [1.82, 2.24) is 4.90 Å². The second-order valence-corrected chi connectivity index (χ2v) is 8.04. The quantitative estimate of drug-likeness (QED) is 0.543. The predicted octanol–water partition coefficient (Wildman–Crippen LogP) is 5.81. The number of hydrogen-bond acceptors (Lipinski definition) is 4. The molecule has 0 radical (unpaired) electrons. The highest BCUT2D eigenvalue weighted by Crippen LogP contribution is 2.33. The largest absolute Gasteiger partial charge is 0.416 e. The molecule has 0 aliphatic carbocycles. The van der Waals surface area contributed by atoms with Crippen LogP contribution in [0.15, 0.2) is 53.4 Å². The van der Waals surface area contributed by atoms with E-state index in [1.165, 1.54) is 12.1 Å². The van der Waals surface area contributed by atoms with Gasteiger partial charge in [0.05, 0.1) is 10.5 Å². The van der Waals surface area contributed by atoms with Crippen LogP contribution in [0.5, 0.6) is 0 Å².